The fourth-order valence-corrected chi connectivity index (χ4v) is 2.15. The third kappa shape index (κ3) is 2.39. The van der Waals surface area contributed by atoms with Crippen molar-refractivity contribution in [2.45, 2.75) is 6.92 Å². The number of rotatable bonds is 1. The van der Waals surface area contributed by atoms with Crippen molar-refractivity contribution in [3.63, 3.8) is 0 Å². The number of benzene rings is 1. The fourth-order valence-electron chi connectivity index (χ4n) is 2.15. The molecule has 7 nitrogen and oxygen atoms in total. The van der Waals surface area contributed by atoms with Crippen LogP contribution in [0, 0.1) is 6.92 Å². The molecule has 1 amide bonds. The summed E-state index contributed by atoms with van der Waals surface area (Å²) in [7, 11) is 0. The maximum atomic E-state index is 12.0. The molecule has 22 heavy (non-hydrogen) atoms. The van der Waals surface area contributed by atoms with Gasteiger partial charge < -0.3 is 5.11 Å². The first kappa shape index (κ1) is 13.7. The lowest BCUT2D eigenvalue weighted by molar-refractivity contribution is -0.114. The Morgan fingerprint density at radius 1 is 1.18 bits per heavy atom. The minimum atomic E-state index is -0.825. The average Bonchev–Trinajstić information content (AvgIpc) is 2.43. The van der Waals surface area contributed by atoms with Crippen LogP contribution in [0.1, 0.15) is 11.1 Å². The lowest BCUT2D eigenvalue weighted by Crippen LogP contribution is -2.31. The van der Waals surface area contributed by atoms with E-state index in [-0.39, 0.29) is 11.1 Å². The van der Waals surface area contributed by atoms with Gasteiger partial charge in [0.05, 0.1) is 5.36 Å². The standard InChI is InChI=1S/C15H11N3O4/c1-7-2-3-8-5-9(12(19)16-11(8)4-7)6-10-13(20)17-15(22)18-14(10)21/h2-6H,1H3,(H3,17,18,20,21,22). The molecule has 0 saturated carbocycles. The highest BCUT2D eigenvalue weighted by atomic mass is 16.3. The molecular formula is C15H11N3O4. The Hall–Kier alpha value is -3.22. The van der Waals surface area contributed by atoms with E-state index in [0.717, 1.165) is 10.8 Å². The number of H-pyrrole nitrogens is 2. The Bertz CT molecular complexity index is 1060. The van der Waals surface area contributed by atoms with Crippen LogP contribution < -0.4 is 21.8 Å². The number of hydrogen-bond donors (Lipinski definition) is 3. The molecule has 0 spiro atoms. The number of carbonyl (C=O) groups excluding carboxylic acids is 1. The molecule has 1 aliphatic rings. The van der Waals surface area contributed by atoms with E-state index in [2.05, 4.69) is 9.98 Å². The van der Waals surface area contributed by atoms with Gasteiger partial charge in [0.1, 0.15) is 5.56 Å². The van der Waals surface area contributed by atoms with Gasteiger partial charge in [0.2, 0.25) is 5.88 Å². The van der Waals surface area contributed by atoms with E-state index in [1.807, 2.05) is 24.0 Å². The predicted octanol–water partition coefficient (Wildman–Crippen LogP) is -0.899. The van der Waals surface area contributed by atoms with Gasteiger partial charge in [-0.2, -0.15) is 0 Å². The summed E-state index contributed by atoms with van der Waals surface area (Å²) in [5.41, 5.74) is -0.696. The van der Waals surface area contributed by atoms with E-state index < -0.39 is 23.0 Å². The quantitative estimate of drug-likeness (QED) is 0.592. The number of aromatic nitrogens is 2. The van der Waals surface area contributed by atoms with Gasteiger partial charge in [0.15, 0.2) is 0 Å². The molecule has 0 unspecified atom stereocenters. The topological polar surface area (TPSA) is 115 Å². The van der Waals surface area contributed by atoms with Crippen molar-refractivity contribution in [1.29, 1.82) is 0 Å². The Morgan fingerprint density at radius 3 is 2.68 bits per heavy atom. The molecule has 0 aliphatic carbocycles. The monoisotopic (exact) mass is 297 g/mol. The van der Waals surface area contributed by atoms with Crippen LogP contribution in [0.25, 0.3) is 12.2 Å². The number of carbonyl (C=O) groups is 1. The van der Waals surface area contributed by atoms with Crippen molar-refractivity contribution in [3.05, 3.63) is 66.3 Å². The van der Waals surface area contributed by atoms with Crippen LogP contribution in [0.4, 0.5) is 0 Å². The summed E-state index contributed by atoms with van der Waals surface area (Å²) in [6.45, 7) is 1.89. The molecule has 0 fully saturated rings. The summed E-state index contributed by atoms with van der Waals surface area (Å²) in [6.07, 6.45) is 2.77. The van der Waals surface area contributed by atoms with E-state index in [1.54, 1.807) is 12.1 Å². The second kappa shape index (κ2) is 4.96. The minimum Gasteiger partial charge on any atom is -0.494 e. The summed E-state index contributed by atoms with van der Waals surface area (Å²) >= 11 is 0. The van der Waals surface area contributed by atoms with Gasteiger partial charge >= 0.3 is 5.69 Å². The average molecular weight is 297 g/mol. The summed E-state index contributed by atoms with van der Waals surface area (Å²) < 4.78 is 0. The molecule has 3 N–H and O–H groups in total. The van der Waals surface area contributed by atoms with Gasteiger partial charge in [-0.25, -0.2) is 9.79 Å². The highest BCUT2D eigenvalue weighted by molar-refractivity contribution is 6.07. The van der Waals surface area contributed by atoms with Crippen LogP contribution in [0.3, 0.4) is 0 Å². The van der Waals surface area contributed by atoms with Crippen molar-refractivity contribution >= 4 is 18.1 Å². The van der Waals surface area contributed by atoms with Gasteiger partial charge in [-0.3, -0.25) is 19.6 Å². The zero-order chi connectivity index (χ0) is 15.9. The summed E-state index contributed by atoms with van der Waals surface area (Å²) in [5, 5.41) is 10.9. The second-order valence-electron chi connectivity index (χ2n) is 4.89. The molecule has 110 valence electrons. The molecular weight excluding hydrogens is 286 g/mol. The minimum absolute atomic E-state index is 0.143. The first-order chi connectivity index (χ1) is 10.4. The lowest BCUT2D eigenvalue weighted by atomic mass is 10.1. The number of aryl methyl sites for hydroxylation is 1. The first-order valence-corrected chi connectivity index (χ1v) is 6.43. The molecule has 0 atom stereocenters. The smallest absolute Gasteiger partial charge is 0.328 e. The Balaban J connectivity index is 2.22. The molecule has 0 radical (unpaired) electrons. The van der Waals surface area contributed by atoms with E-state index in [0.29, 0.717) is 5.36 Å². The van der Waals surface area contributed by atoms with Crippen LogP contribution in [0.2, 0.25) is 0 Å². The second-order valence-corrected chi connectivity index (χ2v) is 4.89. The zero-order valence-corrected chi connectivity index (χ0v) is 11.5. The first-order valence-electron chi connectivity index (χ1n) is 6.43. The van der Waals surface area contributed by atoms with Crippen molar-refractivity contribution in [1.82, 2.24) is 9.97 Å². The van der Waals surface area contributed by atoms with Crippen LogP contribution >= 0.6 is 0 Å². The molecule has 0 bridgehead atoms. The number of fused-ring (bicyclic) bond motifs is 1. The summed E-state index contributed by atoms with van der Waals surface area (Å²) in [4.78, 5) is 42.8. The van der Waals surface area contributed by atoms with E-state index in [4.69, 9.17) is 0 Å². The number of hydrogen-bond acceptors (Lipinski definition) is 4. The van der Waals surface area contributed by atoms with Crippen LogP contribution in [0.5, 0.6) is 5.88 Å². The van der Waals surface area contributed by atoms with E-state index in [9.17, 15) is 19.5 Å². The number of nitrogens with zero attached hydrogens (tertiary/aromatic N) is 1. The highest BCUT2D eigenvalue weighted by Gasteiger charge is 2.13. The largest absolute Gasteiger partial charge is 0.494 e. The van der Waals surface area contributed by atoms with Gasteiger partial charge in [-0.05, 0) is 30.7 Å². The highest BCUT2D eigenvalue weighted by Crippen LogP contribution is 2.13. The van der Waals surface area contributed by atoms with Crippen LogP contribution in [0.15, 0.2) is 38.4 Å². The molecule has 1 aliphatic heterocycles. The molecule has 0 saturated heterocycles. The molecule has 7 heteroatoms. The van der Waals surface area contributed by atoms with Crippen LogP contribution in [-0.2, 0) is 4.79 Å². The van der Waals surface area contributed by atoms with Crippen molar-refractivity contribution in [2.75, 3.05) is 0 Å². The number of aromatic amines is 2. The molecule has 2 aromatic rings. The van der Waals surface area contributed by atoms with Crippen molar-refractivity contribution in [2.24, 2.45) is 4.99 Å². The van der Waals surface area contributed by atoms with Gasteiger partial charge in [0, 0.05) is 10.8 Å². The molecule has 3 rings (SSSR count). The van der Waals surface area contributed by atoms with Crippen LogP contribution in [-0.4, -0.2) is 21.0 Å². The predicted molar refractivity (Wildman–Crippen MR) is 78.8 cm³/mol. The number of amides is 1. The number of aromatic hydroxyl groups is 1. The Kier molecular flexibility index (Phi) is 3.10. The molecule has 2 heterocycles. The fraction of sp³-hybridized carbons (Fsp3) is 0.0667. The zero-order valence-electron chi connectivity index (χ0n) is 11.5. The Labute approximate surface area is 123 Å². The van der Waals surface area contributed by atoms with Gasteiger partial charge in [0.25, 0.3) is 11.5 Å². The Morgan fingerprint density at radius 2 is 1.95 bits per heavy atom. The SMILES string of the molecule is Cc1ccc2c(c1)=NC(=O)C(=Cc1c(O)[nH]c(=O)[nH]c1=O)C=2. The third-order valence-electron chi connectivity index (χ3n) is 3.22. The van der Waals surface area contributed by atoms with Crippen molar-refractivity contribution in [3.8, 4) is 5.88 Å². The van der Waals surface area contributed by atoms with Crippen molar-refractivity contribution < 1.29 is 9.90 Å². The lowest BCUT2D eigenvalue weighted by Gasteiger charge is -2.04. The maximum absolute atomic E-state index is 12.0. The summed E-state index contributed by atoms with van der Waals surface area (Å²) in [6, 6.07) is 5.47. The third-order valence-corrected chi connectivity index (χ3v) is 3.22. The molecule has 1 aromatic carbocycles. The normalized spacial score (nSPS) is 15.1. The van der Waals surface area contributed by atoms with E-state index >= 15 is 0 Å². The van der Waals surface area contributed by atoms with Gasteiger partial charge in [-0.15, -0.1) is 0 Å². The van der Waals surface area contributed by atoms with Gasteiger partial charge in [-0.1, -0.05) is 12.1 Å². The maximum Gasteiger partial charge on any atom is 0.328 e. The van der Waals surface area contributed by atoms with E-state index in [1.165, 1.54) is 6.08 Å². The molecule has 1 aromatic heterocycles. The number of nitrogens with one attached hydrogen (secondary N) is 2. The summed E-state index contributed by atoms with van der Waals surface area (Å²) in [5.74, 6) is -1.12.